The van der Waals surface area contributed by atoms with E-state index in [1.165, 1.54) is 24.3 Å². The second-order valence-corrected chi connectivity index (χ2v) is 8.40. The minimum atomic E-state index is -1.01. The molecule has 8 heteroatoms. The standard InChI is InChI=1S/C28H32N2O6/c1-3-5-15-30-36-25-17-22(18-7-11-20(12-8-18)27(31)32)24(35-26(29)6-4-2)16-23(25)19-9-13-21(14-10-19)28(33)34/h7-14,16-17,26,30H,3-6,15,29H2,1-2H3,(H,31,32)(H,33,34). The van der Waals surface area contributed by atoms with Gasteiger partial charge in [-0.1, -0.05) is 51.0 Å². The van der Waals surface area contributed by atoms with Crippen molar-refractivity contribution in [2.24, 2.45) is 5.73 Å². The van der Waals surface area contributed by atoms with Gasteiger partial charge < -0.3 is 19.8 Å². The zero-order valence-electron chi connectivity index (χ0n) is 20.5. The van der Waals surface area contributed by atoms with Gasteiger partial charge in [0.2, 0.25) is 0 Å². The zero-order valence-corrected chi connectivity index (χ0v) is 20.5. The van der Waals surface area contributed by atoms with Crippen LogP contribution in [0.3, 0.4) is 0 Å². The van der Waals surface area contributed by atoms with E-state index in [-0.39, 0.29) is 11.1 Å². The maximum Gasteiger partial charge on any atom is 0.335 e. The molecule has 0 saturated carbocycles. The van der Waals surface area contributed by atoms with Crippen molar-refractivity contribution in [2.45, 2.75) is 45.8 Å². The molecular formula is C28H32N2O6. The number of benzene rings is 3. The van der Waals surface area contributed by atoms with Crippen molar-refractivity contribution in [2.75, 3.05) is 6.54 Å². The number of hydroxylamine groups is 1. The molecule has 5 N–H and O–H groups in total. The summed E-state index contributed by atoms with van der Waals surface area (Å²) in [4.78, 5) is 28.6. The van der Waals surface area contributed by atoms with Crippen molar-refractivity contribution in [3.8, 4) is 33.8 Å². The molecule has 0 spiro atoms. The number of rotatable bonds is 13. The molecule has 0 amide bonds. The number of unbranched alkanes of at least 4 members (excludes halogenated alkanes) is 1. The molecule has 0 aliphatic heterocycles. The fraction of sp³-hybridized carbons (Fsp3) is 0.286. The van der Waals surface area contributed by atoms with Crippen LogP contribution in [-0.2, 0) is 0 Å². The van der Waals surface area contributed by atoms with Crippen LogP contribution in [0.2, 0.25) is 0 Å². The Morgan fingerprint density at radius 2 is 1.33 bits per heavy atom. The summed E-state index contributed by atoms with van der Waals surface area (Å²) in [6.07, 6.45) is 2.89. The van der Waals surface area contributed by atoms with Crippen molar-refractivity contribution in [3.63, 3.8) is 0 Å². The summed E-state index contributed by atoms with van der Waals surface area (Å²) in [6, 6.07) is 16.6. The average Bonchev–Trinajstić information content (AvgIpc) is 2.87. The molecule has 1 unspecified atom stereocenters. The Morgan fingerprint density at radius 1 is 0.833 bits per heavy atom. The summed E-state index contributed by atoms with van der Waals surface area (Å²) >= 11 is 0. The SMILES string of the molecule is CCCCNOc1cc(-c2ccc(C(=O)O)cc2)c(OC(N)CCC)cc1-c1ccc(C(=O)O)cc1. The van der Waals surface area contributed by atoms with Gasteiger partial charge in [0.05, 0.1) is 11.1 Å². The molecule has 0 aliphatic rings. The highest BCUT2D eigenvalue weighted by atomic mass is 16.6. The fourth-order valence-corrected chi connectivity index (χ4v) is 3.66. The quantitative estimate of drug-likeness (QED) is 0.138. The predicted molar refractivity (Wildman–Crippen MR) is 138 cm³/mol. The molecule has 0 fully saturated rings. The van der Waals surface area contributed by atoms with E-state index in [0.29, 0.717) is 35.6 Å². The third-order valence-corrected chi connectivity index (χ3v) is 5.63. The van der Waals surface area contributed by atoms with E-state index in [2.05, 4.69) is 12.4 Å². The highest BCUT2D eigenvalue weighted by Gasteiger charge is 2.18. The number of carboxylic acids is 2. The summed E-state index contributed by atoms with van der Waals surface area (Å²) in [6.45, 7) is 4.75. The summed E-state index contributed by atoms with van der Waals surface area (Å²) in [7, 11) is 0. The van der Waals surface area contributed by atoms with Crippen molar-refractivity contribution in [3.05, 3.63) is 71.8 Å². The lowest BCUT2D eigenvalue weighted by Crippen LogP contribution is -2.27. The second-order valence-electron chi connectivity index (χ2n) is 8.40. The van der Waals surface area contributed by atoms with Crippen LogP contribution in [-0.4, -0.2) is 34.9 Å². The summed E-state index contributed by atoms with van der Waals surface area (Å²) in [5.74, 6) is -0.985. The number of aromatic carboxylic acids is 2. The van der Waals surface area contributed by atoms with Crippen LogP contribution in [0.1, 0.15) is 60.2 Å². The Labute approximate surface area is 210 Å². The molecule has 0 heterocycles. The lowest BCUT2D eigenvalue weighted by atomic mass is 9.96. The Morgan fingerprint density at radius 3 is 1.81 bits per heavy atom. The lowest BCUT2D eigenvalue weighted by Gasteiger charge is -2.21. The third kappa shape index (κ3) is 6.84. The number of ether oxygens (including phenoxy) is 1. The van der Waals surface area contributed by atoms with Gasteiger partial charge in [-0.2, -0.15) is 5.48 Å². The largest absolute Gasteiger partial charge is 0.478 e. The number of hydrogen-bond donors (Lipinski definition) is 4. The van der Waals surface area contributed by atoms with E-state index < -0.39 is 18.2 Å². The topological polar surface area (TPSA) is 131 Å². The highest BCUT2D eigenvalue weighted by Crippen LogP contribution is 2.41. The maximum atomic E-state index is 11.3. The van der Waals surface area contributed by atoms with Crippen LogP contribution in [0, 0.1) is 0 Å². The fourth-order valence-electron chi connectivity index (χ4n) is 3.66. The molecule has 8 nitrogen and oxygen atoms in total. The van der Waals surface area contributed by atoms with E-state index in [4.69, 9.17) is 15.3 Å². The Hall–Kier alpha value is -3.88. The highest BCUT2D eigenvalue weighted by molar-refractivity contribution is 5.90. The first kappa shape index (κ1) is 26.7. The van der Waals surface area contributed by atoms with Crippen molar-refractivity contribution in [1.82, 2.24) is 5.48 Å². The Kier molecular flexibility index (Phi) is 9.44. The molecule has 0 bridgehead atoms. The van der Waals surface area contributed by atoms with E-state index in [1.54, 1.807) is 24.3 Å². The zero-order chi connectivity index (χ0) is 26.1. The summed E-state index contributed by atoms with van der Waals surface area (Å²) in [5.41, 5.74) is 12.4. The number of nitrogens with two attached hydrogens (primary N) is 1. The minimum absolute atomic E-state index is 0.178. The monoisotopic (exact) mass is 492 g/mol. The van der Waals surface area contributed by atoms with Crippen LogP contribution in [0.15, 0.2) is 60.7 Å². The Bertz CT molecular complexity index is 1180. The maximum absolute atomic E-state index is 11.3. The molecule has 1 atom stereocenters. The molecule has 3 aromatic rings. The summed E-state index contributed by atoms with van der Waals surface area (Å²) in [5, 5.41) is 18.5. The predicted octanol–water partition coefficient (Wildman–Crippen LogP) is 5.56. The molecule has 0 aromatic heterocycles. The number of nitrogens with one attached hydrogen (secondary N) is 1. The number of carboxylic acid groups (broad SMARTS) is 2. The van der Waals surface area contributed by atoms with Crippen molar-refractivity contribution >= 4 is 11.9 Å². The van der Waals surface area contributed by atoms with Gasteiger partial charge in [0.15, 0.2) is 5.75 Å². The van der Waals surface area contributed by atoms with E-state index in [1.807, 2.05) is 19.1 Å². The van der Waals surface area contributed by atoms with Gasteiger partial charge in [0, 0.05) is 17.7 Å². The number of carbonyl (C=O) groups is 2. The van der Waals surface area contributed by atoms with Gasteiger partial charge in [-0.15, -0.1) is 0 Å². The first-order valence-electron chi connectivity index (χ1n) is 12.0. The smallest absolute Gasteiger partial charge is 0.335 e. The van der Waals surface area contributed by atoms with Crippen LogP contribution in [0.25, 0.3) is 22.3 Å². The molecule has 0 radical (unpaired) electrons. The Balaban J connectivity index is 2.13. The summed E-state index contributed by atoms with van der Waals surface area (Å²) < 4.78 is 6.13. The molecular weight excluding hydrogens is 460 g/mol. The van der Waals surface area contributed by atoms with Gasteiger partial charge in [-0.05, 0) is 60.4 Å². The van der Waals surface area contributed by atoms with Gasteiger partial charge in [0.25, 0.3) is 0 Å². The van der Waals surface area contributed by atoms with Gasteiger partial charge >= 0.3 is 11.9 Å². The first-order chi connectivity index (χ1) is 17.3. The molecule has 3 rings (SSSR count). The van der Waals surface area contributed by atoms with Crippen molar-refractivity contribution < 1.29 is 29.4 Å². The number of hydrogen-bond acceptors (Lipinski definition) is 6. The van der Waals surface area contributed by atoms with Gasteiger partial charge in [-0.3, -0.25) is 5.73 Å². The molecule has 0 saturated heterocycles. The van der Waals surface area contributed by atoms with Gasteiger partial charge in [-0.25, -0.2) is 9.59 Å². The normalized spacial score (nSPS) is 11.6. The molecule has 190 valence electrons. The van der Waals surface area contributed by atoms with E-state index >= 15 is 0 Å². The van der Waals surface area contributed by atoms with E-state index in [9.17, 15) is 19.8 Å². The molecule has 36 heavy (non-hydrogen) atoms. The molecule has 3 aromatic carbocycles. The first-order valence-corrected chi connectivity index (χ1v) is 12.0. The minimum Gasteiger partial charge on any atom is -0.478 e. The van der Waals surface area contributed by atoms with Crippen LogP contribution in [0.5, 0.6) is 11.5 Å². The van der Waals surface area contributed by atoms with Crippen molar-refractivity contribution in [1.29, 1.82) is 0 Å². The van der Waals surface area contributed by atoms with Gasteiger partial charge in [0.1, 0.15) is 12.0 Å². The average molecular weight is 493 g/mol. The molecule has 0 aliphatic carbocycles. The second kappa shape index (κ2) is 12.7. The van der Waals surface area contributed by atoms with E-state index in [0.717, 1.165) is 30.4 Å². The lowest BCUT2D eigenvalue weighted by molar-refractivity contribution is 0.0686. The third-order valence-electron chi connectivity index (χ3n) is 5.63. The van der Waals surface area contributed by atoms with Crippen LogP contribution in [0.4, 0.5) is 0 Å². The van der Waals surface area contributed by atoms with Crippen LogP contribution < -0.4 is 20.8 Å². The van der Waals surface area contributed by atoms with Crippen LogP contribution >= 0.6 is 0 Å².